The molecule has 0 bridgehead atoms. The maximum absolute atomic E-state index is 11.6. The standard InChI is InChI=1S/C12H17N5O2/c1-17(2)12(19)9-4-5-10(16-15-9)13-7-8-3-6-11(18)14-8/h4-5,8H,3,6-7H2,1-2H3,(H,13,16)(H,14,18). The Kier molecular flexibility index (Phi) is 3.94. The van der Waals surface area contributed by atoms with Crippen LogP contribution in [-0.4, -0.2) is 53.6 Å². The summed E-state index contributed by atoms with van der Waals surface area (Å²) in [6.07, 6.45) is 1.41. The molecule has 19 heavy (non-hydrogen) atoms. The molecule has 2 N–H and O–H groups in total. The first-order valence-corrected chi connectivity index (χ1v) is 6.15. The summed E-state index contributed by atoms with van der Waals surface area (Å²) in [4.78, 5) is 24.1. The highest BCUT2D eigenvalue weighted by atomic mass is 16.2. The molecule has 0 spiro atoms. The van der Waals surface area contributed by atoms with Crippen LogP contribution in [0.15, 0.2) is 12.1 Å². The van der Waals surface area contributed by atoms with Crippen molar-refractivity contribution in [1.29, 1.82) is 0 Å². The fraction of sp³-hybridized carbons (Fsp3) is 0.500. The van der Waals surface area contributed by atoms with Gasteiger partial charge in [0.05, 0.1) is 0 Å². The summed E-state index contributed by atoms with van der Waals surface area (Å²) in [7, 11) is 3.33. The van der Waals surface area contributed by atoms with Gasteiger partial charge in [-0.3, -0.25) is 9.59 Å². The Bertz CT molecular complexity index is 472. The van der Waals surface area contributed by atoms with Crippen molar-refractivity contribution in [3.63, 3.8) is 0 Å². The molecule has 1 aliphatic rings. The van der Waals surface area contributed by atoms with E-state index < -0.39 is 0 Å². The summed E-state index contributed by atoms with van der Waals surface area (Å²) in [6, 6.07) is 3.48. The van der Waals surface area contributed by atoms with Crippen LogP contribution in [-0.2, 0) is 4.79 Å². The van der Waals surface area contributed by atoms with Crippen LogP contribution < -0.4 is 10.6 Å². The summed E-state index contributed by atoms with van der Waals surface area (Å²) in [5, 5.41) is 13.8. The quantitative estimate of drug-likeness (QED) is 0.790. The van der Waals surface area contributed by atoms with E-state index in [4.69, 9.17) is 0 Å². The molecule has 1 saturated heterocycles. The number of carbonyl (C=O) groups is 2. The molecule has 2 heterocycles. The molecule has 1 atom stereocenters. The lowest BCUT2D eigenvalue weighted by atomic mass is 10.2. The molecule has 0 aromatic carbocycles. The Morgan fingerprint density at radius 3 is 2.79 bits per heavy atom. The van der Waals surface area contributed by atoms with E-state index in [1.807, 2.05) is 0 Å². The van der Waals surface area contributed by atoms with E-state index in [2.05, 4.69) is 20.8 Å². The van der Waals surface area contributed by atoms with Gasteiger partial charge in [0.2, 0.25) is 5.91 Å². The number of carbonyl (C=O) groups excluding carboxylic acids is 2. The Labute approximate surface area is 111 Å². The van der Waals surface area contributed by atoms with Crippen LogP contribution in [0, 0.1) is 0 Å². The van der Waals surface area contributed by atoms with Gasteiger partial charge >= 0.3 is 0 Å². The number of hydrogen-bond donors (Lipinski definition) is 2. The molecule has 2 amide bonds. The SMILES string of the molecule is CN(C)C(=O)c1ccc(NCC2CCC(=O)N2)nn1. The van der Waals surface area contributed by atoms with Crippen LogP contribution in [0.3, 0.4) is 0 Å². The Hall–Kier alpha value is -2.18. The molecular formula is C12H17N5O2. The van der Waals surface area contributed by atoms with Gasteiger partial charge in [0.15, 0.2) is 5.69 Å². The van der Waals surface area contributed by atoms with Crippen molar-refractivity contribution >= 4 is 17.6 Å². The fourth-order valence-electron chi connectivity index (χ4n) is 1.83. The van der Waals surface area contributed by atoms with E-state index in [-0.39, 0.29) is 17.9 Å². The summed E-state index contributed by atoms with van der Waals surface area (Å²) in [5.74, 6) is 0.503. The van der Waals surface area contributed by atoms with Gasteiger partial charge in [0.1, 0.15) is 5.82 Å². The third-order valence-electron chi connectivity index (χ3n) is 2.90. The molecule has 102 valence electrons. The minimum absolute atomic E-state index is 0.0878. The Balaban J connectivity index is 1.88. The highest BCUT2D eigenvalue weighted by molar-refractivity contribution is 5.91. The van der Waals surface area contributed by atoms with Gasteiger partial charge in [-0.2, -0.15) is 0 Å². The number of amides is 2. The molecular weight excluding hydrogens is 246 g/mol. The number of rotatable bonds is 4. The van der Waals surface area contributed by atoms with Gasteiger partial charge in [0.25, 0.3) is 5.91 Å². The van der Waals surface area contributed by atoms with Crippen LogP contribution in [0.1, 0.15) is 23.3 Å². The van der Waals surface area contributed by atoms with E-state index in [1.54, 1.807) is 26.2 Å². The van der Waals surface area contributed by atoms with Gasteiger partial charge < -0.3 is 15.5 Å². The molecule has 0 aliphatic carbocycles. The third-order valence-corrected chi connectivity index (χ3v) is 2.90. The summed E-state index contributed by atoms with van der Waals surface area (Å²) >= 11 is 0. The van der Waals surface area contributed by atoms with Crippen LogP contribution in [0.4, 0.5) is 5.82 Å². The van der Waals surface area contributed by atoms with E-state index in [0.717, 1.165) is 6.42 Å². The number of nitrogens with one attached hydrogen (secondary N) is 2. The van der Waals surface area contributed by atoms with E-state index in [9.17, 15) is 9.59 Å². The smallest absolute Gasteiger partial charge is 0.273 e. The van der Waals surface area contributed by atoms with Crippen LogP contribution in [0.25, 0.3) is 0 Å². The third kappa shape index (κ3) is 3.40. The minimum atomic E-state index is -0.179. The predicted molar refractivity (Wildman–Crippen MR) is 69.7 cm³/mol. The molecule has 1 unspecified atom stereocenters. The molecule has 2 rings (SSSR count). The Morgan fingerprint density at radius 1 is 1.47 bits per heavy atom. The first-order valence-electron chi connectivity index (χ1n) is 6.15. The Morgan fingerprint density at radius 2 is 2.26 bits per heavy atom. The first kappa shape index (κ1) is 13.3. The van der Waals surface area contributed by atoms with Crippen molar-refractivity contribution in [1.82, 2.24) is 20.4 Å². The monoisotopic (exact) mass is 263 g/mol. The summed E-state index contributed by atoms with van der Waals surface area (Å²) in [6.45, 7) is 0.612. The lowest BCUT2D eigenvalue weighted by Gasteiger charge is -2.12. The predicted octanol–water partition coefficient (Wildman–Crippen LogP) is -0.131. The van der Waals surface area contributed by atoms with E-state index >= 15 is 0 Å². The number of aromatic nitrogens is 2. The molecule has 1 aliphatic heterocycles. The van der Waals surface area contributed by atoms with Gasteiger partial charge in [-0.15, -0.1) is 10.2 Å². The second kappa shape index (κ2) is 5.64. The second-order valence-electron chi connectivity index (χ2n) is 4.69. The van der Waals surface area contributed by atoms with Crippen LogP contribution >= 0.6 is 0 Å². The minimum Gasteiger partial charge on any atom is -0.367 e. The van der Waals surface area contributed by atoms with Crippen molar-refractivity contribution in [2.75, 3.05) is 26.0 Å². The first-order chi connectivity index (χ1) is 9.06. The zero-order chi connectivity index (χ0) is 13.8. The molecule has 0 radical (unpaired) electrons. The average molecular weight is 263 g/mol. The number of hydrogen-bond acceptors (Lipinski definition) is 5. The maximum atomic E-state index is 11.6. The van der Waals surface area contributed by atoms with Crippen molar-refractivity contribution in [3.8, 4) is 0 Å². The van der Waals surface area contributed by atoms with Crippen molar-refractivity contribution < 1.29 is 9.59 Å². The molecule has 7 heteroatoms. The zero-order valence-corrected chi connectivity index (χ0v) is 11.0. The lowest BCUT2D eigenvalue weighted by molar-refractivity contribution is -0.119. The fourth-order valence-corrected chi connectivity index (χ4v) is 1.83. The zero-order valence-electron chi connectivity index (χ0n) is 11.0. The normalized spacial score (nSPS) is 18.0. The van der Waals surface area contributed by atoms with Crippen molar-refractivity contribution in [2.45, 2.75) is 18.9 Å². The van der Waals surface area contributed by atoms with Gasteiger partial charge in [0, 0.05) is 33.1 Å². The number of anilines is 1. The molecule has 1 aromatic heterocycles. The molecule has 1 aromatic rings. The van der Waals surface area contributed by atoms with Gasteiger partial charge in [-0.05, 0) is 18.6 Å². The van der Waals surface area contributed by atoms with Crippen molar-refractivity contribution in [2.24, 2.45) is 0 Å². The van der Waals surface area contributed by atoms with Crippen LogP contribution in [0.2, 0.25) is 0 Å². The molecule has 1 fully saturated rings. The highest BCUT2D eigenvalue weighted by Gasteiger charge is 2.20. The summed E-state index contributed by atoms with van der Waals surface area (Å²) < 4.78 is 0. The van der Waals surface area contributed by atoms with Gasteiger partial charge in [-0.25, -0.2) is 0 Å². The topological polar surface area (TPSA) is 87.2 Å². The number of nitrogens with zero attached hydrogens (tertiary/aromatic N) is 3. The van der Waals surface area contributed by atoms with E-state index in [1.165, 1.54) is 4.90 Å². The molecule has 0 saturated carbocycles. The lowest BCUT2D eigenvalue weighted by Crippen LogP contribution is -2.32. The highest BCUT2D eigenvalue weighted by Crippen LogP contribution is 2.08. The molecule has 7 nitrogen and oxygen atoms in total. The van der Waals surface area contributed by atoms with E-state index in [0.29, 0.717) is 24.5 Å². The van der Waals surface area contributed by atoms with Crippen LogP contribution in [0.5, 0.6) is 0 Å². The van der Waals surface area contributed by atoms with Gasteiger partial charge in [-0.1, -0.05) is 0 Å². The maximum Gasteiger partial charge on any atom is 0.273 e. The second-order valence-corrected chi connectivity index (χ2v) is 4.69. The van der Waals surface area contributed by atoms with Crippen molar-refractivity contribution in [3.05, 3.63) is 17.8 Å². The summed E-state index contributed by atoms with van der Waals surface area (Å²) in [5.41, 5.74) is 0.310. The average Bonchev–Trinajstić information content (AvgIpc) is 2.82. The largest absolute Gasteiger partial charge is 0.367 e.